The first-order chi connectivity index (χ1) is 8.27. The van der Waals surface area contributed by atoms with E-state index < -0.39 is 5.97 Å². The molecule has 0 unspecified atom stereocenters. The standard InChI is InChI=1S/C12H13NO2S2/c14-12(15)11-10(3-6-17-11)7-13-4-1-9-2-5-16-8-9/h2-3,5-6,8,13H,1,4,7H2,(H,14,15). The third kappa shape index (κ3) is 3.39. The van der Waals surface area contributed by atoms with Gasteiger partial charge in [-0.05, 0) is 52.4 Å². The molecule has 0 aliphatic rings. The maximum Gasteiger partial charge on any atom is 0.346 e. The molecule has 2 aromatic rings. The molecule has 2 rings (SSSR count). The summed E-state index contributed by atoms with van der Waals surface area (Å²) in [5, 5.41) is 18.2. The summed E-state index contributed by atoms with van der Waals surface area (Å²) in [4.78, 5) is 11.3. The number of carboxylic acid groups (broad SMARTS) is 1. The second-order valence-electron chi connectivity index (χ2n) is 3.64. The summed E-state index contributed by atoms with van der Waals surface area (Å²) in [7, 11) is 0. The topological polar surface area (TPSA) is 49.3 Å². The minimum atomic E-state index is -0.838. The van der Waals surface area contributed by atoms with Gasteiger partial charge in [-0.2, -0.15) is 11.3 Å². The van der Waals surface area contributed by atoms with E-state index in [9.17, 15) is 4.79 Å². The number of carboxylic acids is 1. The van der Waals surface area contributed by atoms with Crippen LogP contribution in [0.3, 0.4) is 0 Å². The van der Waals surface area contributed by atoms with Crippen LogP contribution in [0.2, 0.25) is 0 Å². The van der Waals surface area contributed by atoms with Crippen molar-refractivity contribution in [3.63, 3.8) is 0 Å². The fraction of sp³-hybridized carbons (Fsp3) is 0.250. The van der Waals surface area contributed by atoms with Crippen LogP contribution in [0.5, 0.6) is 0 Å². The molecule has 3 nitrogen and oxygen atoms in total. The molecule has 0 bridgehead atoms. The Labute approximate surface area is 108 Å². The number of rotatable bonds is 6. The lowest BCUT2D eigenvalue weighted by atomic mass is 10.2. The molecule has 2 aromatic heterocycles. The SMILES string of the molecule is O=C(O)c1sccc1CNCCc1ccsc1. The van der Waals surface area contributed by atoms with Crippen molar-refractivity contribution in [2.75, 3.05) is 6.54 Å². The molecular formula is C12H13NO2S2. The summed E-state index contributed by atoms with van der Waals surface area (Å²) in [5.74, 6) is -0.838. The van der Waals surface area contributed by atoms with E-state index in [0.717, 1.165) is 18.5 Å². The van der Waals surface area contributed by atoms with Crippen LogP contribution in [-0.4, -0.2) is 17.6 Å². The summed E-state index contributed by atoms with van der Waals surface area (Å²) >= 11 is 2.97. The summed E-state index contributed by atoms with van der Waals surface area (Å²) in [6.45, 7) is 1.49. The van der Waals surface area contributed by atoms with Crippen LogP contribution in [0.1, 0.15) is 20.8 Å². The molecule has 0 radical (unpaired) electrons. The van der Waals surface area contributed by atoms with Crippen LogP contribution in [-0.2, 0) is 13.0 Å². The second-order valence-corrected chi connectivity index (χ2v) is 5.33. The van der Waals surface area contributed by atoms with E-state index in [0.29, 0.717) is 11.4 Å². The van der Waals surface area contributed by atoms with E-state index in [1.165, 1.54) is 16.9 Å². The Kier molecular flexibility index (Phi) is 4.30. The summed E-state index contributed by atoms with van der Waals surface area (Å²) in [6.07, 6.45) is 0.982. The molecule has 0 saturated carbocycles. The average Bonchev–Trinajstić information content (AvgIpc) is 2.95. The molecule has 0 spiro atoms. The Hall–Kier alpha value is -1.17. The predicted octanol–water partition coefficient (Wildman–Crippen LogP) is 2.84. The monoisotopic (exact) mass is 267 g/mol. The smallest absolute Gasteiger partial charge is 0.346 e. The van der Waals surface area contributed by atoms with Crippen molar-refractivity contribution in [2.45, 2.75) is 13.0 Å². The number of nitrogens with one attached hydrogen (secondary N) is 1. The van der Waals surface area contributed by atoms with Crippen molar-refractivity contribution >= 4 is 28.6 Å². The molecule has 0 fully saturated rings. The van der Waals surface area contributed by atoms with Crippen LogP contribution in [0.15, 0.2) is 28.3 Å². The lowest BCUT2D eigenvalue weighted by Gasteiger charge is -2.03. The van der Waals surface area contributed by atoms with Crippen molar-refractivity contribution in [1.29, 1.82) is 0 Å². The van der Waals surface area contributed by atoms with E-state index in [1.54, 1.807) is 11.3 Å². The summed E-state index contributed by atoms with van der Waals surface area (Å²) in [5.41, 5.74) is 2.19. The second kappa shape index (κ2) is 5.95. The fourth-order valence-corrected chi connectivity index (χ4v) is 3.02. The van der Waals surface area contributed by atoms with Crippen molar-refractivity contribution in [1.82, 2.24) is 5.32 Å². The highest BCUT2D eigenvalue weighted by atomic mass is 32.1. The minimum absolute atomic E-state index is 0.438. The van der Waals surface area contributed by atoms with Crippen LogP contribution in [0, 0.1) is 0 Å². The highest BCUT2D eigenvalue weighted by molar-refractivity contribution is 7.12. The van der Waals surface area contributed by atoms with Gasteiger partial charge in [-0.1, -0.05) is 0 Å². The molecule has 2 N–H and O–H groups in total. The van der Waals surface area contributed by atoms with E-state index in [-0.39, 0.29) is 0 Å². The van der Waals surface area contributed by atoms with E-state index >= 15 is 0 Å². The lowest BCUT2D eigenvalue weighted by Crippen LogP contribution is -2.17. The highest BCUT2D eigenvalue weighted by Gasteiger charge is 2.10. The van der Waals surface area contributed by atoms with Crippen molar-refractivity contribution < 1.29 is 9.90 Å². The maximum atomic E-state index is 10.9. The predicted molar refractivity (Wildman–Crippen MR) is 71.0 cm³/mol. The van der Waals surface area contributed by atoms with E-state index in [4.69, 9.17) is 5.11 Å². The summed E-state index contributed by atoms with van der Waals surface area (Å²) < 4.78 is 0. The summed E-state index contributed by atoms with van der Waals surface area (Å²) in [6, 6.07) is 3.98. The van der Waals surface area contributed by atoms with Crippen LogP contribution in [0.25, 0.3) is 0 Å². The molecule has 0 aliphatic carbocycles. The molecule has 0 atom stereocenters. The molecule has 17 heavy (non-hydrogen) atoms. The molecule has 5 heteroatoms. The lowest BCUT2D eigenvalue weighted by molar-refractivity contribution is 0.0701. The van der Waals surface area contributed by atoms with Gasteiger partial charge < -0.3 is 10.4 Å². The largest absolute Gasteiger partial charge is 0.477 e. The van der Waals surface area contributed by atoms with Gasteiger partial charge in [0.25, 0.3) is 0 Å². The zero-order valence-electron chi connectivity index (χ0n) is 9.18. The molecule has 0 aromatic carbocycles. The molecule has 0 aliphatic heterocycles. The number of carbonyl (C=O) groups is 1. The van der Waals surface area contributed by atoms with Gasteiger partial charge in [0.2, 0.25) is 0 Å². The fourth-order valence-electron chi connectivity index (χ4n) is 1.55. The van der Waals surface area contributed by atoms with Crippen molar-refractivity contribution in [2.24, 2.45) is 0 Å². The van der Waals surface area contributed by atoms with Crippen molar-refractivity contribution in [3.05, 3.63) is 44.3 Å². The Bertz CT molecular complexity index is 476. The van der Waals surface area contributed by atoms with Gasteiger partial charge >= 0.3 is 5.97 Å². The van der Waals surface area contributed by atoms with Gasteiger partial charge in [0.15, 0.2) is 0 Å². The zero-order valence-corrected chi connectivity index (χ0v) is 10.8. The minimum Gasteiger partial charge on any atom is -0.477 e. The number of thiophene rings is 2. The highest BCUT2D eigenvalue weighted by Crippen LogP contribution is 2.16. The van der Waals surface area contributed by atoms with Crippen LogP contribution in [0.4, 0.5) is 0 Å². The van der Waals surface area contributed by atoms with Crippen LogP contribution >= 0.6 is 22.7 Å². The quantitative estimate of drug-likeness (QED) is 0.791. The zero-order chi connectivity index (χ0) is 12.1. The molecule has 0 saturated heterocycles. The maximum absolute atomic E-state index is 10.9. The first-order valence-electron chi connectivity index (χ1n) is 5.29. The van der Waals surface area contributed by atoms with Crippen molar-refractivity contribution in [3.8, 4) is 0 Å². The molecule has 2 heterocycles. The van der Waals surface area contributed by atoms with Gasteiger partial charge in [0, 0.05) is 6.54 Å². The Balaban J connectivity index is 1.78. The Morgan fingerprint density at radius 1 is 1.35 bits per heavy atom. The van der Waals surface area contributed by atoms with Gasteiger partial charge in [-0.25, -0.2) is 4.79 Å². The molecular weight excluding hydrogens is 254 g/mol. The van der Waals surface area contributed by atoms with Gasteiger partial charge in [0.1, 0.15) is 4.88 Å². The Morgan fingerprint density at radius 3 is 2.94 bits per heavy atom. The first kappa shape index (κ1) is 12.3. The van der Waals surface area contributed by atoms with E-state index in [2.05, 4.69) is 22.1 Å². The van der Waals surface area contributed by atoms with E-state index in [1.807, 2.05) is 11.4 Å². The third-order valence-electron chi connectivity index (χ3n) is 2.43. The van der Waals surface area contributed by atoms with Gasteiger partial charge in [-0.15, -0.1) is 11.3 Å². The Morgan fingerprint density at radius 2 is 2.24 bits per heavy atom. The molecule has 0 amide bonds. The number of hydrogen-bond acceptors (Lipinski definition) is 4. The normalized spacial score (nSPS) is 10.6. The number of aromatic carboxylic acids is 1. The third-order valence-corrected chi connectivity index (χ3v) is 4.10. The number of hydrogen-bond donors (Lipinski definition) is 2. The van der Waals surface area contributed by atoms with Gasteiger partial charge in [-0.3, -0.25) is 0 Å². The average molecular weight is 267 g/mol. The van der Waals surface area contributed by atoms with Crippen LogP contribution < -0.4 is 5.32 Å². The first-order valence-corrected chi connectivity index (χ1v) is 7.11. The van der Waals surface area contributed by atoms with Gasteiger partial charge in [0.05, 0.1) is 0 Å². The molecule has 90 valence electrons.